The van der Waals surface area contributed by atoms with E-state index in [0.29, 0.717) is 38.2 Å². The largest absolute Gasteiger partial charge is 0.465 e. The maximum atomic E-state index is 12.6. The van der Waals surface area contributed by atoms with Crippen LogP contribution in [0, 0.1) is 6.92 Å². The number of aryl methyl sites for hydroxylation is 1. The molecule has 0 heterocycles. The van der Waals surface area contributed by atoms with Crippen molar-refractivity contribution in [1.82, 2.24) is 9.80 Å². The van der Waals surface area contributed by atoms with Gasteiger partial charge < -0.3 is 14.9 Å². The second-order valence-electron chi connectivity index (χ2n) is 5.19. The fraction of sp³-hybridized carbons (Fsp3) is 0.529. The first kappa shape index (κ1) is 18.0. The number of carboxylic acid groups (broad SMARTS) is 1. The molecular weight excluding hydrogens is 280 g/mol. The van der Waals surface area contributed by atoms with Gasteiger partial charge in [0.25, 0.3) is 5.91 Å². The Morgan fingerprint density at radius 1 is 1.05 bits per heavy atom. The zero-order chi connectivity index (χ0) is 16.7. The maximum absolute atomic E-state index is 12.6. The van der Waals surface area contributed by atoms with Crippen molar-refractivity contribution < 1.29 is 14.7 Å². The van der Waals surface area contributed by atoms with Crippen LogP contribution < -0.4 is 0 Å². The maximum Gasteiger partial charge on any atom is 0.407 e. The lowest BCUT2D eigenvalue weighted by atomic mass is 9.97. The van der Waals surface area contributed by atoms with E-state index in [1.54, 1.807) is 4.90 Å². The van der Waals surface area contributed by atoms with Crippen LogP contribution in [-0.4, -0.2) is 53.1 Å². The van der Waals surface area contributed by atoms with Gasteiger partial charge in [-0.2, -0.15) is 0 Å². The van der Waals surface area contributed by atoms with Gasteiger partial charge in [-0.25, -0.2) is 4.79 Å². The number of likely N-dealkylation sites (N-methyl/N-ethyl adjacent to an activating group) is 1. The van der Waals surface area contributed by atoms with E-state index in [1.807, 2.05) is 45.9 Å². The fourth-order valence-electron chi connectivity index (χ4n) is 2.55. The van der Waals surface area contributed by atoms with Gasteiger partial charge in [0.05, 0.1) is 0 Å². The van der Waals surface area contributed by atoms with Crippen LogP contribution in [-0.2, 0) is 6.42 Å². The molecule has 0 saturated carbocycles. The number of carbonyl (C=O) groups is 2. The van der Waals surface area contributed by atoms with Gasteiger partial charge in [0.15, 0.2) is 0 Å². The number of amides is 2. The normalized spacial score (nSPS) is 10.4. The number of carbonyl (C=O) groups excluding carboxylic acids is 1. The minimum absolute atomic E-state index is 0.0158. The van der Waals surface area contributed by atoms with E-state index in [4.69, 9.17) is 5.11 Å². The topological polar surface area (TPSA) is 60.9 Å². The summed E-state index contributed by atoms with van der Waals surface area (Å²) < 4.78 is 0. The molecule has 22 heavy (non-hydrogen) atoms. The Morgan fingerprint density at radius 2 is 1.64 bits per heavy atom. The first-order valence-electron chi connectivity index (χ1n) is 7.81. The second kappa shape index (κ2) is 8.41. The zero-order valence-corrected chi connectivity index (χ0v) is 13.9. The van der Waals surface area contributed by atoms with Crippen molar-refractivity contribution >= 4 is 12.0 Å². The number of hydrogen-bond acceptors (Lipinski definition) is 2. The monoisotopic (exact) mass is 306 g/mol. The summed E-state index contributed by atoms with van der Waals surface area (Å²) in [7, 11) is 0. The van der Waals surface area contributed by atoms with Crippen LogP contribution in [0.3, 0.4) is 0 Å². The van der Waals surface area contributed by atoms with Gasteiger partial charge >= 0.3 is 6.09 Å². The highest BCUT2D eigenvalue weighted by molar-refractivity contribution is 5.96. The van der Waals surface area contributed by atoms with E-state index in [2.05, 4.69) is 0 Å². The van der Waals surface area contributed by atoms with Gasteiger partial charge in [0.2, 0.25) is 0 Å². The Balaban J connectivity index is 3.04. The smallest absolute Gasteiger partial charge is 0.407 e. The molecule has 0 aliphatic heterocycles. The Hall–Kier alpha value is -2.04. The van der Waals surface area contributed by atoms with Crippen LogP contribution in [0.2, 0.25) is 0 Å². The Morgan fingerprint density at radius 3 is 2.14 bits per heavy atom. The minimum atomic E-state index is -0.923. The third-order valence-corrected chi connectivity index (χ3v) is 3.98. The van der Waals surface area contributed by atoms with Crippen molar-refractivity contribution in [3.05, 3.63) is 34.9 Å². The SMILES string of the molecule is CCN(CCc1c(C)cccc1C(=O)N(CC)CC)C(=O)O. The summed E-state index contributed by atoms with van der Waals surface area (Å²) in [6, 6.07) is 5.68. The van der Waals surface area contributed by atoms with Crippen molar-refractivity contribution in [2.45, 2.75) is 34.1 Å². The van der Waals surface area contributed by atoms with Crippen LogP contribution in [0.4, 0.5) is 4.79 Å². The molecule has 0 saturated heterocycles. The van der Waals surface area contributed by atoms with E-state index >= 15 is 0 Å². The van der Waals surface area contributed by atoms with E-state index in [1.165, 1.54) is 4.90 Å². The van der Waals surface area contributed by atoms with Crippen molar-refractivity contribution in [2.24, 2.45) is 0 Å². The van der Waals surface area contributed by atoms with Crippen LogP contribution in [0.5, 0.6) is 0 Å². The third kappa shape index (κ3) is 4.23. The average molecular weight is 306 g/mol. The van der Waals surface area contributed by atoms with E-state index in [0.717, 1.165) is 11.1 Å². The number of rotatable bonds is 7. The van der Waals surface area contributed by atoms with Gasteiger partial charge in [0.1, 0.15) is 0 Å². The third-order valence-electron chi connectivity index (χ3n) is 3.98. The quantitative estimate of drug-likeness (QED) is 0.842. The Kier molecular flexibility index (Phi) is 6.89. The van der Waals surface area contributed by atoms with Gasteiger partial charge in [-0.3, -0.25) is 4.79 Å². The lowest BCUT2D eigenvalue weighted by Crippen LogP contribution is -2.33. The van der Waals surface area contributed by atoms with E-state index < -0.39 is 6.09 Å². The summed E-state index contributed by atoms with van der Waals surface area (Å²) in [6.07, 6.45) is -0.373. The molecule has 5 heteroatoms. The molecule has 0 aliphatic carbocycles. The van der Waals surface area contributed by atoms with Crippen molar-refractivity contribution in [2.75, 3.05) is 26.2 Å². The molecule has 0 atom stereocenters. The molecule has 0 aromatic heterocycles. The van der Waals surface area contributed by atoms with Gasteiger partial charge in [-0.1, -0.05) is 12.1 Å². The Labute approximate surface area is 132 Å². The number of hydrogen-bond donors (Lipinski definition) is 1. The zero-order valence-electron chi connectivity index (χ0n) is 13.9. The fourth-order valence-corrected chi connectivity index (χ4v) is 2.55. The molecule has 2 amide bonds. The lowest BCUT2D eigenvalue weighted by molar-refractivity contribution is 0.0771. The second-order valence-corrected chi connectivity index (χ2v) is 5.19. The summed E-state index contributed by atoms with van der Waals surface area (Å²) in [5.74, 6) is 0.0158. The van der Waals surface area contributed by atoms with Gasteiger partial charge in [0, 0.05) is 31.7 Å². The molecule has 0 bridgehead atoms. The molecule has 1 rings (SSSR count). The molecule has 1 aromatic carbocycles. The van der Waals surface area contributed by atoms with E-state index in [-0.39, 0.29) is 5.91 Å². The molecule has 0 unspecified atom stereocenters. The molecule has 122 valence electrons. The predicted molar refractivity (Wildman–Crippen MR) is 87.4 cm³/mol. The van der Waals surface area contributed by atoms with Gasteiger partial charge in [-0.05, 0) is 51.3 Å². The summed E-state index contributed by atoms with van der Waals surface area (Å²) in [6.45, 7) is 9.87. The van der Waals surface area contributed by atoms with Crippen LogP contribution >= 0.6 is 0 Å². The standard InChI is InChI=1S/C17H26N2O3/c1-5-18(6-2)16(20)15-10-8-9-13(4)14(15)11-12-19(7-3)17(21)22/h8-10H,5-7,11-12H2,1-4H3,(H,21,22). The van der Waals surface area contributed by atoms with Crippen LogP contribution in [0.1, 0.15) is 42.3 Å². The molecule has 0 fully saturated rings. The van der Waals surface area contributed by atoms with Crippen molar-refractivity contribution in [3.63, 3.8) is 0 Å². The Bertz CT molecular complexity index is 525. The summed E-state index contributed by atoms with van der Waals surface area (Å²) in [4.78, 5) is 26.9. The van der Waals surface area contributed by atoms with Crippen molar-refractivity contribution in [1.29, 1.82) is 0 Å². The lowest BCUT2D eigenvalue weighted by Gasteiger charge is -2.23. The number of benzene rings is 1. The molecule has 0 aliphatic rings. The van der Waals surface area contributed by atoms with Gasteiger partial charge in [-0.15, -0.1) is 0 Å². The predicted octanol–water partition coefficient (Wildman–Crippen LogP) is 3.02. The summed E-state index contributed by atoms with van der Waals surface area (Å²) >= 11 is 0. The molecule has 1 aromatic rings. The molecule has 0 radical (unpaired) electrons. The van der Waals surface area contributed by atoms with E-state index in [9.17, 15) is 9.59 Å². The highest BCUT2D eigenvalue weighted by atomic mass is 16.4. The van der Waals surface area contributed by atoms with Crippen molar-refractivity contribution in [3.8, 4) is 0 Å². The summed E-state index contributed by atoms with van der Waals surface area (Å²) in [5.41, 5.74) is 2.66. The first-order chi connectivity index (χ1) is 10.5. The van der Waals surface area contributed by atoms with Crippen LogP contribution in [0.15, 0.2) is 18.2 Å². The average Bonchev–Trinajstić information content (AvgIpc) is 2.49. The molecule has 0 spiro atoms. The number of nitrogens with zero attached hydrogens (tertiary/aromatic N) is 2. The minimum Gasteiger partial charge on any atom is -0.465 e. The summed E-state index contributed by atoms with van der Waals surface area (Å²) in [5, 5.41) is 9.11. The molecule has 1 N–H and O–H groups in total. The molecule has 5 nitrogen and oxygen atoms in total. The highest BCUT2D eigenvalue weighted by Gasteiger charge is 2.18. The van der Waals surface area contributed by atoms with Crippen LogP contribution in [0.25, 0.3) is 0 Å². The highest BCUT2D eigenvalue weighted by Crippen LogP contribution is 2.18. The molecular formula is C17H26N2O3. The first-order valence-corrected chi connectivity index (χ1v) is 7.81.